The van der Waals surface area contributed by atoms with Crippen LogP contribution in [0.1, 0.15) is 13.8 Å². The number of anilines is 1. The Labute approximate surface area is 142 Å². The van der Waals surface area contributed by atoms with Crippen molar-refractivity contribution in [2.45, 2.75) is 20.1 Å². The van der Waals surface area contributed by atoms with Crippen LogP contribution < -0.4 is 15.4 Å². The fraction of sp³-hybridized carbons (Fsp3) is 0.412. The van der Waals surface area contributed by atoms with E-state index in [-0.39, 0.29) is 5.57 Å². The van der Waals surface area contributed by atoms with Crippen molar-refractivity contribution in [2.24, 2.45) is 0 Å². The Balaban J connectivity index is 2.59. The van der Waals surface area contributed by atoms with Crippen molar-refractivity contribution in [2.75, 3.05) is 32.2 Å². The third kappa shape index (κ3) is 6.69. The zero-order chi connectivity index (χ0) is 17.8. The molecule has 0 heterocycles. The highest BCUT2D eigenvalue weighted by molar-refractivity contribution is 6.06. The molecule has 1 aromatic carbocycles. The first-order chi connectivity index (χ1) is 11.6. The van der Waals surface area contributed by atoms with Crippen molar-refractivity contribution in [1.29, 1.82) is 5.26 Å². The van der Waals surface area contributed by atoms with Gasteiger partial charge in [0.2, 0.25) is 0 Å². The van der Waals surface area contributed by atoms with Crippen molar-refractivity contribution in [3.63, 3.8) is 0 Å². The zero-order valence-corrected chi connectivity index (χ0v) is 14.2. The summed E-state index contributed by atoms with van der Waals surface area (Å²) in [7, 11) is 1.56. The Morgan fingerprint density at radius 2 is 1.88 bits per heavy atom. The molecule has 0 saturated carbocycles. The number of ether oxygens (including phenoxy) is 3. The largest absolute Gasteiger partial charge is 0.497 e. The molecule has 2 N–H and O–H groups in total. The molecule has 130 valence electrons. The number of nitrogens with one attached hydrogen (secondary N) is 2. The number of hydrogen-bond acceptors (Lipinski definition) is 6. The van der Waals surface area contributed by atoms with Crippen molar-refractivity contribution in [1.82, 2.24) is 5.32 Å². The second-order valence-electron chi connectivity index (χ2n) is 4.60. The van der Waals surface area contributed by atoms with Gasteiger partial charge in [0.15, 0.2) is 6.29 Å². The van der Waals surface area contributed by atoms with Crippen LogP contribution in [0.25, 0.3) is 0 Å². The standard InChI is InChI=1S/C17H23N3O4/c1-4-23-16(24-5-2)12-19-11-13(10-18)17(21)20-14-6-8-15(22-3)9-7-14/h6-9,11,16,19H,4-5,12H2,1-3H3,(H,20,21)/b13-11-. The molecule has 7 nitrogen and oxygen atoms in total. The van der Waals surface area contributed by atoms with Gasteiger partial charge in [0.25, 0.3) is 5.91 Å². The van der Waals surface area contributed by atoms with Gasteiger partial charge in [0.05, 0.1) is 13.7 Å². The molecule has 0 atom stereocenters. The molecule has 0 aliphatic carbocycles. The van der Waals surface area contributed by atoms with Crippen molar-refractivity contribution in [3.8, 4) is 11.8 Å². The molecule has 0 fully saturated rings. The first kappa shape index (κ1) is 19.5. The molecule has 0 radical (unpaired) electrons. The van der Waals surface area contributed by atoms with Crippen LogP contribution in [0.3, 0.4) is 0 Å². The van der Waals surface area contributed by atoms with E-state index in [9.17, 15) is 4.79 Å². The second kappa shape index (κ2) is 11.0. The smallest absolute Gasteiger partial charge is 0.267 e. The molecule has 0 unspecified atom stereocenters. The highest BCUT2D eigenvalue weighted by Crippen LogP contribution is 2.15. The maximum atomic E-state index is 12.1. The summed E-state index contributed by atoms with van der Waals surface area (Å²) in [5.41, 5.74) is 0.529. The minimum atomic E-state index is -0.500. The molecule has 0 saturated heterocycles. The topological polar surface area (TPSA) is 92.6 Å². The number of carbonyl (C=O) groups is 1. The monoisotopic (exact) mass is 333 g/mol. The lowest BCUT2D eigenvalue weighted by molar-refractivity contribution is -0.131. The number of methoxy groups -OCH3 is 1. The Morgan fingerprint density at radius 3 is 2.38 bits per heavy atom. The maximum Gasteiger partial charge on any atom is 0.267 e. The number of nitriles is 1. The van der Waals surface area contributed by atoms with Gasteiger partial charge in [0.1, 0.15) is 17.4 Å². The summed E-state index contributed by atoms with van der Waals surface area (Å²) in [6.45, 7) is 5.09. The average molecular weight is 333 g/mol. The first-order valence-electron chi connectivity index (χ1n) is 7.66. The molecular weight excluding hydrogens is 310 g/mol. The van der Waals surface area contributed by atoms with Gasteiger partial charge in [0, 0.05) is 25.1 Å². The predicted octanol–water partition coefficient (Wildman–Crippen LogP) is 2.03. The lowest BCUT2D eigenvalue weighted by Gasteiger charge is -2.16. The van der Waals surface area contributed by atoms with Crippen LogP contribution in [-0.4, -0.2) is 39.1 Å². The minimum Gasteiger partial charge on any atom is -0.497 e. The lowest BCUT2D eigenvalue weighted by Crippen LogP contribution is -2.29. The van der Waals surface area contributed by atoms with E-state index in [0.29, 0.717) is 31.2 Å². The molecule has 0 spiro atoms. The molecule has 7 heteroatoms. The number of hydrogen-bond donors (Lipinski definition) is 2. The summed E-state index contributed by atoms with van der Waals surface area (Å²) in [5, 5.41) is 14.6. The van der Waals surface area contributed by atoms with E-state index in [0.717, 1.165) is 0 Å². The van der Waals surface area contributed by atoms with Crippen LogP contribution in [0.4, 0.5) is 5.69 Å². The average Bonchev–Trinajstić information content (AvgIpc) is 2.59. The molecule has 24 heavy (non-hydrogen) atoms. The van der Waals surface area contributed by atoms with Gasteiger partial charge in [-0.25, -0.2) is 0 Å². The van der Waals surface area contributed by atoms with E-state index in [2.05, 4.69) is 10.6 Å². The van der Waals surface area contributed by atoms with E-state index >= 15 is 0 Å². The summed E-state index contributed by atoms with van der Waals surface area (Å²) < 4.78 is 15.8. The van der Waals surface area contributed by atoms with Crippen LogP contribution in [-0.2, 0) is 14.3 Å². The van der Waals surface area contributed by atoms with Gasteiger partial charge >= 0.3 is 0 Å². The van der Waals surface area contributed by atoms with Gasteiger partial charge in [-0.2, -0.15) is 5.26 Å². The normalized spacial score (nSPS) is 11.0. The molecule has 1 rings (SSSR count). The number of carbonyl (C=O) groups excluding carboxylic acids is 1. The zero-order valence-electron chi connectivity index (χ0n) is 14.2. The summed E-state index contributed by atoms with van der Waals surface area (Å²) in [5.74, 6) is 0.183. The summed E-state index contributed by atoms with van der Waals surface area (Å²) in [6.07, 6.45) is 0.921. The molecule has 0 aliphatic rings. The van der Waals surface area contributed by atoms with Crippen molar-refractivity contribution >= 4 is 11.6 Å². The van der Waals surface area contributed by atoms with Gasteiger partial charge in [-0.1, -0.05) is 0 Å². The van der Waals surface area contributed by atoms with Crippen molar-refractivity contribution < 1.29 is 19.0 Å². The Hall–Kier alpha value is -2.56. The highest BCUT2D eigenvalue weighted by atomic mass is 16.7. The third-order valence-electron chi connectivity index (χ3n) is 2.95. The van der Waals surface area contributed by atoms with E-state index in [1.54, 1.807) is 31.4 Å². The molecule has 0 aliphatic heterocycles. The summed E-state index contributed by atoms with van der Waals surface area (Å²) in [6, 6.07) is 8.69. The van der Waals surface area contributed by atoms with Crippen LogP contribution in [0.5, 0.6) is 5.75 Å². The van der Waals surface area contributed by atoms with E-state index in [4.69, 9.17) is 19.5 Å². The number of rotatable bonds is 10. The molecule has 1 aromatic rings. The Kier molecular flexibility index (Phi) is 8.97. The van der Waals surface area contributed by atoms with Crippen LogP contribution >= 0.6 is 0 Å². The van der Waals surface area contributed by atoms with Gasteiger partial charge in [-0.3, -0.25) is 4.79 Å². The van der Waals surface area contributed by atoms with Crippen LogP contribution in [0.2, 0.25) is 0 Å². The van der Waals surface area contributed by atoms with Gasteiger partial charge in [-0.15, -0.1) is 0 Å². The number of benzene rings is 1. The molecular formula is C17H23N3O4. The third-order valence-corrected chi connectivity index (χ3v) is 2.95. The number of nitrogens with zero attached hydrogens (tertiary/aromatic N) is 1. The predicted molar refractivity (Wildman–Crippen MR) is 90.4 cm³/mol. The second-order valence-corrected chi connectivity index (χ2v) is 4.60. The number of amides is 1. The fourth-order valence-corrected chi connectivity index (χ4v) is 1.82. The minimum absolute atomic E-state index is 0.0439. The van der Waals surface area contributed by atoms with E-state index < -0.39 is 12.2 Å². The molecule has 1 amide bonds. The fourth-order valence-electron chi connectivity index (χ4n) is 1.82. The van der Waals surface area contributed by atoms with Crippen LogP contribution in [0.15, 0.2) is 36.0 Å². The van der Waals surface area contributed by atoms with Gasteiger partial charge in [-0.05, 0) is 38.1 Å². The van der Waals surface area contributed by atoms with E-state index in [1.807, 2.05) is 19.9 Å². The first-order valence-corrected chi connectivity index (χ1v) is 7.66. The van der Waals surface area contributed by atoms with Gasteiger partial charge < -0.3 is 24.8 Å². The maximum absolute atomic E-state index is 12.1. The lowest BCUT2D eigenvalue weighted by atomic mass is 10.2. The SMILES string of the molecule is CCOC(CN/C=C(/C#N)C(=O)Nc1ccc(OC)cc1)OCC. The summed E-state index contributed by atoms with van der Waals surface area (Å²) in [4.78, 5) is 12.1. The van der Waals surface area contributed by atoms with Crippen LogP contribution in [0, 0.1) is 11.3 Å². The highest BCUT2D eigenvalue weighted by Gasteiger charge is 2.11. The Morgan fingerprint density at radius 1 is 1.25 bits per heavy atom. The van der Waals surface area contributed by atoms with Crippen molar-refractivity contribution in [3.05, 3.63) is 36.0 Å². The summed E-state index contributed by atoms with van der Waals surface area (Å²) >= 11 is 0. The van der Waals surface area contributed by atoms with E-state index in [1.165, 1.54) is 6.20 Å². The Bertz CT molecular complexity index is 572. The molecule has 0 bridgehead atoms. The quantitative estimate of drug-likeness (QED) is 0.387. The molecule has 0 aromatic heterocycles.